The molecule has 6 heteroatoms. The van der Waals surface area contributed by atoms with Crippen LogP contribution in [0.4, 0.5) is 4.39 Å². The number of carbonyl (C=O) groups is 2. The molecule has 2 aromatic carbocycles. The summed E-state index contributed by atoms with van der Waals surface area (Å²) in [5.41, 5.74) is 1.40. The molecule has 0 saturated carbocycles. The third-order valence-electron chi connectivity index (χ3n) is 6.83. The van der Waals surface area contributed by atoms with Crippen LogP contribution in [0.25, 0.3) is 0 Å². The molecule has 0 spiro atoms. The third kappa shape index (κ3) is 5.54. The normalized spacial score (nSPS) is 18.5. The van der Waals surface area contributed by atoms with Gasteiger partial charge < -0.3 is 15.1 Å². The molecule has 0 bridgehead atoms. The molecule has 2 amide bonds. The molecule has 5 nitrogen and oxygen atoms in total. The Hall–Kier alpha value is -2.73. The second kappa shape index (κ2) is 10.7. The Balaban J connectivity index is 1.18. The van der Waals surface area contributed by atoms with Crippen LogP contribution in [-0.2, 0) is 11.2 Å². The number of carbonyl (C=O) groups excluding carboxylic acids is 2. The predicted octanol–water partition coefficient (Wildman–Crippen LogP) is 3.50. The van der Waals surface area contributed by atoms with E-state index in [0.29, 0.717) is 25.7 Å². The minimum absolute atomic E-state index is 0.0877. The molecule has 170 valence electrons. The molecule has 0 radical (unpaired) electrons. The zero-order valence-corrected chi connectivity index (χ0v) is 18.5. The number of nitrogens with one attached hydrogen (secondary N) is 1. The van der Waals surface area contributed by atoms with Crippen LogP contribution in [0.2, 0.25) is 0 Å². The maximum absolute atomic E-state index is 13.9. The van der Waals surface area contributed by atoms with Gasteiger partial charge in [-0.3, -0.25) is 9.59 Å². The summed E-state index contributed by atoms with van der Waals surface area (Å²) in [4.78, 5) is 29.4. The third-order valence-corrected chi connectivity index (χ3v) is 6.83. The van der Waals surface area contributed by atoms with Gasteiger partial charge in [-0.05, 0) is 62.9 Å². The lowest BCUT2D eigenvalue weighted by atomic mass is 9.92. The summed E-state index contributed by atoms with van der Waals surface area (Å²) in [7, 11) is 0. The van der Waals surface area contributed by atoms with E-state index in [1.54, 1.807) is 23.1 Å². The van der Waals surface area contributed by atoms with Crippen molar-refractivity contribution in [3.8, 4) is 0 Å². The zero-order chi connectivity index (χ0) is 22.3. The minimum Gasteiger partial charge on any atom is -0.356 e. The molecule has 1 N–H and O–H groups in total. The average Bonchev–Trinajstić information content (AvgIpc) is 2.85. The molecular formula is C26H32FN3O2. The van der Waals surface area contributed by atoms with Gasteiger partial charge in [-0.15, -0.1) is 0 Å². The first-order chi connectivity index (χ1) is 15.6. The molecule has 32 heavy (non-hydrogen) atoms. The van der Waals surface area contributed by atoms with E-state index in [2.05, 4.69) is 22.3 Å². The van der Waals surface area contributed by atoms with Crippen molar-refractivity contribution in [2.75, 3.05) is 32.7 Å². The number of halogens is 1. The van der Waals surface area contributed by atoms with Crippen LogP contribution in [0.3, 0.4) is 0 Å². The van der Waals surface area contributed by atoms with Gasteiger partial charge in [0.25, 0.3) is 5.91 Å². The van der Waals surface area contributed by atoms with Crippen LogP contribution in [0.5, 0.6) is 0 Å². The van der Waals surface area contributed by atoms with Crippen molar-refractivity contribution in [2.45, 2.75) is 38.1 Å². The Labute approximate surface area is 189 Å². The fourth-order valence-electron chi connectivity index (χ4n) is 4.88. The number of benzene rings is 2. The van der Waals surface area contributed by atoms with Crippen molar-refractivity contribution in [2.24, 2.45) is 5.92 Å². The van der Waals surface area contributed by atoms with Crippen LogP contribution in [0, 0.1) is 11.7 Å². The Morgan fingerprint density at radius 1 is 0.875 bits per heavy atom. The smallest absolute Gasteiger partial charge is 0.256 e. The van der Waals surface area contributed by atoms with Crippen molar-refractivity contribution in [1.82, 2.24) is 15.1 Å². The van der Waals surface area contributed by atoms with Crippen LogP contribution in [0.1, 0.15) is 41.6 Å². The van der Waals surface area contributed by atoms with E-state index in [1.165, 1.54) is 11.6 Å². The highest BCUT2D eigenvalue weighted by Gasteiger charge is 2.32. The van der Waals surface area contributed by atoms with Crippen LogP contribution in [-0.4, -0.2) is 60.4 Å². The lowest BCUT2D eigenvalue weighted by molar-refractivity contribution is -0.126. The monoisotopic (exact) mass is 437 g/mol. The quantitative estimate of drug-likeness (QED) is 0.753. The van der Waals surface area contributed by atoms with E-state index in [9.17, 15) is 14.0 Å². The lowest BCUT2D eigenvalue weighted by Crippen LogP contribution is -2.50. The van der Waals surface area contributed by atoms with Crippen molar-refractivity contribution >= 4 is 11.8 Å². The molecule has 0 aliphatic carbocycles. The molecule has 2 heterocycles. The molecule has 0 aromatic heterocycles. The number of piperidine rings is 2. The molecule has 0 unspecified atom stereocenters. The van der Waals surface area contributed by atoms with Crippen molar-refractivity contribution in [3.05, 3.63) is 71.5 Å². The van der Waals surface area contributed by atoms with Crippen molar-refractivity contribution in [1.29, 1.82) is 0 Å². The van der Waals surface area contributed by atoms with Gasteiger partial charge in [0.15, 0.2) is 0 Å². The first-order valence-electron chi connectivity index (χ1n) is 11.7. The van der Waals surface area contributed by atoms with E-state index >= 15 is 0 Å². The second-order valence-corrected chi connectivity index (χ2v) is 8.84. The fourth-order valence-corrected chi connectivity index (χ4v) is 4.88. The Morgan fingerprint density at radius 3 is 2.22 bits per heavy atom. The topological polar surface area (TPSA) is 52.7 Å². The average molecular weight is 438 g/mol. The summed E-state index contributed by atoms with van der Waals surface area (Å²) in [5.74, 6) is -0.410. The van der Waals surface area contributed by atoms with Gasteiger partial charge in [-0.2, -0.15) is 0 Å². The lowest BCUT2D eigenvalue weighted by Gasteiger charge is -2.41. The first-order valence-corrected chi connectivity index (χ1v) is 11.7. The highest BCUT2D eigenvalue weighted by molar-refractivity contribution is 5.94. The molecule has 2 aliphatic heterocycles. The molecule has 2 aromatic rings. The standard InChI is InChI=1S/C26H32FN3O2/c27-24-9-5-4-8-23(24)26(32)30-18-13-22(14-19-30)29-16-11-21(12-17-29)25(31)28-15-10-20-6-2-1-3-7-20/h1-9,21-22H,10-19H2,(H,28,31). The number of hydrogen-bond donors (Lipinski definition) is 1. The van der Waals surface area contributed by atoms with Crippen molar-refractivity contribution < 1.29 is 14.0 Å². The summed E-state index contributed by atoms with van der Waals surface area (Å²) in [5, 5.41) is 3.10. The number of nitrogens with zero attached hydrogens (tertiary/aromatic N) is 2. The van der Waals surface area contributed by atoms with Gasteiger partial charge >= 0.3 is 0 Å². The van der Waals surface area contributed by atoms with Crippen LogP contribution < -0.4 is 5.32 Å². The predicted molar refractivity (Wildman–Crippen MR) is 123 cm³/mol. The maximum atomic E-state index is 13.9. The van der Waals surface area contributed by atoms with Gasteiger partial charge in [-0.1, -0.05) is 42.5 Å². The summed E-state index contributed by atoms with van der Waals surface area (Å²) in [6.45, 7) is 3.82. The number of hydrogen-bond acceptors (Lipinski definition) is 3. The van der Waals surface area contributed by atoms with Gasteiger partial charge in [0.2, 0.25) is 5.91 Å². The minimum atomic E-state index is -0.455. The maximum Gasteiger partial charge on any atom is 0.256 e. The summed E-state index contributed by atoms with van der Waals surface area (Å²) < 4.78 is 13.9. The number of amides is 2. The van der Waals surface area contributed by atoms with E-state index in [1.807, 2.05) is 18.2 Å². The number of rotatable bonds is 6. The highest BCUT2D eigenvalue weighted by atomic mass is 19.1. The molecular weight excluding hydrogens is 405 g/mol. The van der Waals surface area contributed by atoms with Gasteiger partial charge in [0.05, 0.1) is 5.56 Å². The molecule has 2 saturated heterocycles. The Bertz CT molecular complexity index is 904. The van der Waals surface area contributed by atoms with E-state index in [0.717, 1.165) is 45.2 Å². The largest absolute Gasteiger partial charge is 0.356 e. The van der Waals surface area contributed by atoms with E-state index < -0.39 is 5.82 Å². The Morgan fingerprint density at radius 2 is 1.53 bits per heavy atom. The zero-order valence-electron chi connectivity index (χ0n) is 18.5. The Kier molecular flexibility index (Phi) is 7.53. The van der Waals surface area contributed by atoms with Crippen LogP contribution in [0.15, 0.2) is 54.6 Å². The first kappa shape index (κ1) is 22.5. The van der Waals surface area contributed by atoms with Gasteiger partial charge in [0.1, 0.15) is 5.82 Å². The summed E-state index contributed by atoms with van der Waals surface area (Å²) in [6.07, 6.45) is 4.41. The summed E-state index contributed by atoms with van der Waals surface area (Å²) in [6, 6.07) is 16.8. The number of likely N-dealkylation sites (tertiary alicyclic amines) is 2. The van der Waals surface area contributed by atoms with Crippen molar-refractivity contribution in [3.63, 3.8) is 0 Å². The highest BCUT2D eigenvalue weighted by Crippen LogP contribution is 2.25. The molecule has 2 aliphatic rings. The summed E-state index contributed by atoms with van der Waals surface area (Å²) >= 11 is 0. The van der Waals surface area contributed by atoms with Gasteiger partial charge in [-0.25, -0.2) is 4.39 Å². The van der Waals surface area contributed by atoms with Gasteiger partial charge in [0, 0.05) is 31.6 Å². The molecule has 2 fully saturated rings. The van der Waals surface area contributed by atoms with E-state index in [4.69, 9.17) is 0 Å². The fraction of sp³-hybridized carbons (Fsp3) is 0.462. The molecule has 4 rings (SSSR count). The van der Waals surface area contributed by atoms with Crippen LogP contribution >= 0.6 is 0 Å². The molecule has 0 atom stereocenters. The SMILES string of the molecule is O=C(NCCc1ccccc1)C1CCN(C2CCN(C(=O)c3ccccc3F)CC2)CC1. The second-order valence-electron chi connectivity index (χ2n) is 8.84. The van der Waals surface area contributed by atoms with E-state index in [-0.39, 0.29) is 23.3 Å².